The summed E-state index contributed by atoms with van der Waals surface area (Å²) < 4.78 is 46.1. The zero-order valence-electron chi connectivity index (χ0n) is 21.2. The first-order valence-corrected chi connectivity index (χ1v) is 13.0. The molecule has 9 heteroatoms. The lowest BCUT2D eigenvalue weighted by Gasteiger charge is -2.36. The number of alkyl halides is 2. The highest BCUT2D eigenvalue weighted by Gasteiger charge is 2.48. The molecule has 5 N–H and O–H groups in total. The van der Waals surface area contributed by atoms with Gasteiger partial charge < -0.3 is 16.3 Å². The van der Waals surface area contributed by atoms with Crippen LogP contribution in [0, 0.1) is 11.2 Å². The quantitative estimate of drug-likeness (QED) is 0.272. The van der Waals surface area contributed by atoms with Crippen molar-refractivity contribution in [1.29, 1.82) is 0 Å². The highest BCUT2D eigenvalue weighted by molar-refractivity contribution is 7.98. The minimum absolute atomic E-state index is 0.0241. The third-order valence-electron chi connectivity index (χ3n) is 6.63. The lowest BCUT2D eigenvalue weighted by Crippen LogP contribution is -2.52. The van der Waals surface area contributed by atoms with Crippen LogP contribution in [-0.4, -0.2) is 55.7 Å². The molecule has 36 heavy (non-hydrogen) atoms. The summed E-state index contributed by atoms with van der Waals surface area (Å²) in [4.78, 5) is 9.95. The van der Waals surface area contributed by atoms with Gasteiger partial charge in [-0.1, -0.05) is 48.5 Å². The molecule has 2 aliphatic rings. The zero-order valence-corrected chi connectivity index (χ0v) is 22.0. The summed E-state index contributed by atoms with van der Waals surface area (Å²) in [6, 6.07) is 14.4. The van der Waals surface area contributed by atoms with E-state index >= 15 is 4.39 Å². The summed E-state index contributed by atoms with van der Waals surface area (Å²) in [7, 11) is 1.50. The maximum absolute atomic E-state index is 15.3. The lowest BCUT2D eigenvalue weighted by atomic mass is 9.98. The van der Waals surface area contributed by atoms with Crippen molar-refractivity contribution in [2.24, 2.45) is 16.9 Å². The Morgan fingerprint density at radius 2 is 1.72 bits per heavy atom. The number of nitrogens with zero attached hydrogens (tertiary/aromatic N) is 1. The molecular formula is C27H39F3N4OS. The van der Waals surface area contributed by atoms with Crippen LogP contribution < -0.4 is 16.2 Å². The SMILES string of the molecule is C=O.CC(CF)N(CC1(CNSC2(F)CC2)CC1)C(N)Cc1cccc(-c2ccccc2)c1F.CN. The van der Waals surface area contributed by atoms with Gasteiger partial charge in [-0.2, -0.15) is 0 Å². The molecular weight excluding hydrogens is 485 g/mol. The topological polar surface area (TPSA) is 84.4 Å². The summed E-state index contributed by atoms with van der Waals surface area (Å²) in [5.41, 5.74) is 12.9. The van der Waals surface area contributed by atoms with Crippen molar-refractivity contribution >= 4 is 18.7 Å². The van der Waals surface area contributed by atoms with Crippen LogP contribution in [0.3, 0.4) is 0 Å². The van der Waals surface area contributed by atoms with E-state index in [1.165, 1.54) is 19.0 Å². The first-order valence-electron chi connectivity index (χ1n) is 12.2. The van der Waals surface area contributed by atoms with Crippen LogP contribution >= 0.6 is 11.9 Å². The van der Waals surface area contributed by atoms with Crippen molar-refractivity contribution in [2.75, 3.05) is 26.8 Å². The molecule has 2 fully saturated rings. The van der Waals surface area contributed by atoms with E-state index in [4.69, 9.17) is 10.5 Å². The molecule has 0 amide bonds. The Bertz CT molecular complexity index is 928. The molecule has 200 valence electrons. The van der Waals surface area contributed by atoms with Crippen LogP contribution in [0.25, 0.3) is 11.1 Å². The third-order valence-corrected chi connectivity index (χ3v) is 7.69. The number of carbonyl (C=O) groups excluding carboxylic acids is 1. The second kappa shape index (κ2) is 14.1. The summed E-state index contributed by atoms with van der Waals surface area (Å²) in [6.45, 7) is 4.58. The zero-order chi connectivity index (χ0) is 26.8. The Morgan fingerprint density at radius 1 is 1.08 bits per heavy atom. The van der Waals surface area contributed by atoms with E-state index in [-0.39, 0.29) is 17.3 Å². The van der Waals surface area contributed by atoms with Crippen LogP contribution in [0.4, 0.5) is 13.2 Å². The average Bonchev–Trinajstić information content (AvgIpc) is 3.85. The molecule has 0 aliphatic heterocycles. The first-order chi connectivity index (χ1) is 17.3. The average molecular weight is 525 g/mol. The summed E-state index contributed by atoms with van der Waals surface area (Å²) in [5, 5.41) is -1.11. The van der Waals surface area contributed by atoms with Crippen molar-refractivity contribution in [2.45, 2.75) is 56.2 Å². The number of halogens is 3. The van der Waals surface area contributed by atoms with Gasteiger partial charge in [0, 0.05) is 31.1 Å². The Hall–Kier alpha value is -1.91. The molecule has 2 aliphatic carbocycles. The van der Waals surface area contributed by atoms with Gasteiger partial charge in [0.2, 0.25) is 0 Å². The molecule has 2 aromatic carbocycles. The van der Waals surface area contributed by atoms with E-state index < -0.39 is 17.8 Å². The number of benzene rings is 2. The molecule has 0 aromatic heterocycles. The van der Waals surface area contributed by atoms with E-state index in [1.54, 1.807) is 12.1 Å². The lowest BCUT2D eigenvalue weighted by molar-refractivity contribution is -0.0980. The van der Waals surface area contributed by atoms with Gasteiger partial charge in [0.05, 0.1) is 6.17 Å². The number of hydrogen-bond donors (Lipinski definition) is 3. The molecule has 2 aromatic rings. The van der Waals surface area contributed by atoms with Crippen molar-refractivity contribution in [3.63, 3.8) is 0 Å². The summed E-state index contributed by atoms with van der Waals surface area (Å²) >= 11 is 1.18. The van der Waals surface area contributed by atoms with Gasteiger partial charge in [-0.25, -0.2) is 13.2 Å². The van der Waals surface area contributed by atoms with Crippen LogP contribution in [0.1, 0.15) is 38.2 Å². The van der Waals surface area contributed by atoms with Crippen molar-refractivity contribution in [1.82, 2.24) is 9.62 Å². The fraction of sp³-hybridized carbons (Fsp3) is 0.519. The smallest absolute Gasteiger partial charge is 0.170 e. The standard InChI is InChI=1S/C25H32F3N3S.CH5N.CH2O/c1-18(15-26)31(17-24(10-11-24)16-30-32-25(28)12-13-25)22(29)14-20-8-5-9-21(23(20)27)19-6-3-2-4-7-19;2*1-2/h2-9,18,22,30H,10-17,29H2,1H3;2H2,1H3;1H2. The van der Waals surface area contributed by atoms with Crippen LogP contribution in [-0.2, 0) is 11.2 Å². The van der Waals surface area contributed by atoms with Crippen molar-refractivity contribution < 1.29 is 18.0 Å². The van der Waals surface area contributed by atoms with Crippen molar-refractivity contribution in [3.05, 3.63) is 59.9 Å². The highest BCUT2D eigenvalue weighted by Crippen LogP contribution is 2.50. The van der Waals surface area contributed by atoms with Crippen LogP contribution in [0.2, 0.25) is 0 Å². The van der Waals surface area contributed by atoms with Gasteiger partial charge in [0.25, 0.3) is 0 Å². The van der Waals surface area contributed by atoms with Crippen molar-refractivity contribution in [3.8, 4) is 11.1 Å². The maximum Gasteiger partial charge on any atom is 0.170 e. The molecule has 5 nitrogen and oxygen atoms in total. The van der Waals surface area contributed by atoms with Crippen LogP contribution in [0.5, 0.6) is 0 Å². The van der Waals surface area contributed by atoms with Gasteiger partial charge >= 0.3 is 0 Å². The molecule has 0 heterocycles. The van der Waals surface area contributed by atoms with Gasteiger partial charge in [-0.05, 0) is 68.1 Å². The number of nitrogens with two attached hydrogens (primary N) is 2. The second-order valence-corrected chi connectivity index (χ2v) is 10.6. The van der Waals surface area contributed by atoms with Crippen LogP contribution in [0.15, 0.2) is 48.5 Å². The third kappa shape index (κ3) is 8.31. The molecule has 2 atom stereocenters. The first kappa shape index (κ1) is 30.3. The number of rotatable bonds is 12. The van der Waals surface area contributed by atoms with Gasteiger partial charge in [-0.15, -0.1) is 0 Å². The predicted octanol–water partition coefficient (Wildman–Crippen LogP) is 4.85. The Kier molecular flexibility index (Phi) is 11.9. The van der Waals surface area contributed by atoms with Gasteiger partial charge in [-0.3, -0.25) is 9.62 Å². The number of nitrogens with one attached hydrogen (secondary N) is 1. The minimum Gasteiger partial charge on any atom is -0.333 e. The van der Waals surface area contributed by atoms with Gasteiger partial charge in [0.1, 0.15) is 19.3 Å². The highest BCUT2D eigenvalue weighted by atomic mass is 32.2. The normalized spacial score (nSPS) is 18.2. The largest absolute Gasteiger partial charge is 0.333 e. The predicted molar refractivity (Wildman–Crippen MR) is 143 cm³/mol. The molecule has 4 rings (SSSR count). The number of carbonyl (C=O) groups is 1. The van der Waals surface area contributed by atoms with E-state index in [1.807, 2.05) is 55.0 Å². The van der Waals surface area contributed by atoms with E-state index in [0.29, 0.717) is 43.5 Å². The molecule has 0 radical (unpaired) electrons. The second-order valence-electron chi connectivity index (χ2n) is 9.40. The fourth-order valence-corrected chi connectivity index (χ4v) is 5.03. The maximum atomic E-state index is 15.3. The monoisotopic (exact) mass is 524 g/mol. The van der Waals surface area contributed by atoms with E-state index in [0.717, 1.165) is 18.4 Å². The van der Waals surface area contributed by atoms with Gasteiger partial charge in [0.15, 0.2) is 5.00 Å². The Balaban J connectivity index is 0.00000109. The minimum atomic E-state index is -1.11. The van der Waals surface area contributed by atoms with E-state index in [2.05, 4.69) is 10.5 Å². The summed E-state index contributed by atoms with van der Waals surface area (Å²) in [6.07, 6.45) is 2.98. The molecule has 2 saturated carbocycles. The molecule has 0 spiro atoms. The molecule has 2 unspecified atom stereocenters. The van der Waals surface area contributed by atoms with E-state index in [9.17, 15) is 8.78 Å². The molecule has 0 saturated heterocycles. The molecule has 0 bridgehead atoms. The fourth-order valence-electron chi connectivity index (χ4n) is 4.08. The summed E-state index contributed by atoms with van der Waals surface area (Å²) in [5.74, 6) is -0.279. The number of hydrogen-bond acceptors (Lipinski definition) is 6. The Labute approximate surface area is 217 Å². The Morgan fingerprint density at radius 3 is 2.28 bits per heavy atom.